The Kier molecular flexibility index (Phi) is 6.26. The van der Waals surface area contributed by atoms with Crippen molar-refractivity contribution in [2.75, 3.05) is 6.61 Å². The average molecular weight is 323 g/mol. The summed E-state index contributed by atoms with van der Waals surface area (Å²) >= 11 is 4.49. The van der Waals surface area contributed by atoms with Crippen LogP contribution in [0, 0.1) is 17.7 Å². The maximum absolute atomic E-state index is 13.9. The molecule has 0 bridgehead atoms. The summed E-state index contributed by atoms with van der Waals surface area (Å²) in [4.78, 5) is 3.72. The predicted octanol–water partition coefficient (Wildman–Crippen LogP) is 4.91. The molecule has 0 atom stereocenters. The number of halogens is 1. The number of isothiocyanates is 1. The van der Waals surface area contributed by atoms with E-state index in [0.717, 1.165) is 17.7 Å². The molecule has 0 N–H and O–H groups in total. The van der Waals surface area contributed by atoms with Gasteiger partial charge in [0.2, 0.25) is 0 Å². The molecule has 0 aliphatic heterocycles. The highest BCUT2D eigenvalue weighted by Gasteiger charge is 2.00. The van der Waals surface area contributed by atoms with Gasteiger partial charge in [-0.3, -0.25) is 0 Å². The number of ether oxygens (including phenoxy) is 1. The quantitative estimate of drug-likeness (QED) is 0.256. The van der Waals surface area contributed by atoms with Crippen molar-refractivity contribution in [1.29, 1.82) is 0 Å². The van der Waals surface area contributed by atoms with E-state index >= 15 is 0 Å². The maximum atomic E-state index is 13.9. The Morgan fingerprint density at radius 1 is 1.17 bits per heavy atom. The monoisotopic (exact) mass is 323 g/mol. The average Bonchev–Trinajstić information content (AvgIpc) is 2.56. The lowest BCUT2D eigenvalue weighted by Crippen LogP contribution is -1.94. The van der Waals surface area contributed by atoms with Crippen LogP contribution in [0.4, 0.5) is 10.1 Å². The highest BCUT2D eigenvalue weighted by Crippen LogP contribution is 2.16. The lowest BCUT2D eigenvalue weighted by molar-refractivity contribution is 0.325. The Bertz CT molecular complexity index is 796. The van der Waals surface area contributed by atoms with Gasteiger partial charge in [-0.25, -0.2) is 4.39 Å². The van der Waals surface area contributed by atoms with Gasteiger partial charge in [0.25, 0.3) is 0 Å². The Hall–Kier alpha value is -2.73. The molecule has 2 nitrogen and oxygen atoms in total. The fraction of sp³-hybridized carbons (Fsp3) is 0.105. The van der Waals surface area contributed by atoms with E-state index in [1.807, 2.05) is 24.3 Å². The first kappa shape index (κ1) is 16.6. The summed E-state index contributed by atoms with van der Waals surface area (Å²) in [6.07, 6.45) is 2.60. The summed E-state index contributed by atoms with van der Waals surface area (Å²) in [5, 5.41) is 2.20. The minimum absolute atomic E-state index is 0.305. The fourth-order valence-electron chi connectivity index (χ4n) is 1.76. The van der Waals surface area contributed by atoms with Crippen LogP contribution in [0.2, 0.25) is 0 Å². The molecule has 0 unspecified atom stereocenters. The van der Waals surface area contributed by atoms with Gasteiger partial charge >= 0.3 is 0 Å². The first-order chi connectivity index (χ1) is 11.2. The Labute approximate surface area is 140 Å². The van der Waals surface area contributed by atoms with Crippen molar-refractivity contribution >= 4 is 23.1 Å². The summed E-state index contributed by atoms with van der Waals surface area (Å²) < 4.78 is 19.4. The van der Waals surface area contributed by atoms with Crippen LogP contribution in [-0.2, 0) is 0 Å². The van der Waals surface area contributed by atoms with Crippen molar-refractivity contribution < 1.29 is 9.13 Å². The standard InChI is InChI=1S/C19H14FNOS/c1-2-3-12-22-18-10-5-15(6-11-18)4-7-16-8-9-17(21-14-23)13-19(16)20/h2,5-6,8-11,13H,1,3,12H2. The van der Waals surface area contributed by atoms with E-state index in [-0.39, 0.29) is 0 Å². The molecule has 0 spiro atoms. The van der Waals surface area contributed by atoms with E-state index in [1.165, 1.54) is 6.07 Å². The zero-order valence-electron chi connectivity index (χ0n) is 12.4. The van der Waals surface area contributed by atoms with Crippen molar-refractivity contribution in [1.82, 2.24) is 0 Å². The van der Waals surface area contributed by atoms with Crippen LogP contribution < -0.4 is 4.74 Å². The topological polar surface area (TPSA) is 21.6 Å². The molecule has 0 aromatic heterocycles. The van der Waals surface area contributed by atoms with Crippen molar-refractivity contribution in [3.63, 3.8) is 0 Å². The lowest BCUT2D eigenvalue weighted by atomic mass is 10.1. The van der Waals surface area contributed by atoms with E-state index in [0.29, 0.717) is 17.9 Å². The van der Waals surface area contributed by atoms with Crippen LogP contribution in [0.1, 0.15) is 17.5 Å². The maximum Gasteiger partial charge on any atom is 0.141 e. The second kappa shape index (κ2) is 8.65. The third-order valence-corrected chi connectivity index (χ3v) is 3.01. The third kappa shape index (κ3) is 5.19. The summed E-state index contributed by atoms with van der Waals surface area (Å²) in [7, 11) is 0. The molecule has 0 saturated carbocycles. The highest BCUT2D eigenvalue weighted by atomic mass is 32.1. The molecular formula is C19H14FNOS. The van der Waals surface area contributed by atoms with E-state index < -0.39 is 5.82 Å². The number of benzene rings is 2. The lowest BCUT2D eigenvalue weighted by Gasteiger charge is -2.03. The van der Waals surface area contributed by atoms with Gasteiger partial charge in [0.05, 0.1) is 23.0 Å². The van der Waals surface area contributed by atoms with E-state index in [1.54, 1.807) is 18.2 Å². The largest absolute Gasteiger partial charge is 0.493 e. The number of hydrogen-bond donors (Lipinski definition) is 0. The van der Waals surface area contributed by atoms with Gasteiger partial charge in [-0.15, -0.1) is 6.58 Å². The smallest absolute Gasteiger partial charge is 0.141 e. The molecule has 2 rings (SSSR count). The number of hydrogen-bond acceptors (Lipinski definition) is 3. The highest BCUT2D eigenvalue weighted by molar-refractivity contribution is 7.78. The van der Waals surface area contributed by atoms with Crippen LogP contribution in [0.25, 0.3) is 0 Å². The molecule has 4 heteroatoms. The molecule has 2 aromatic rings. The minimum Gasteiger partial charge on any atom is -0.493 e. The van der Waals surface area contributed by atoms with Crippen molar-refractivity contribution in [3.8, 4) is 17.6 Å². The Morgan fingerprint density at radius 2 is 1.96 bits per heavy atom. The Morgan fingerprint density at radius 3 is 2.61 bits per heavy atom. The number of thiocarbonyl (C=S) groups is 1. The molecule has 0 amide bonds. The SMILES string of the molecule is C=CCCOc1ccc(C#Cc2ccc(N=C=S)cc2F)cc1. The second-order valence-electron chi connectivity index (χ2n) is 4.57. The van der Waals surface area contributed by atoms with Crippen LogP contribution in [0.15, 0.2) is 60.1 Å². The molecule has 0 saturated heterocycles. The van der Waals surface area contributed by atoms with Crippen molar-refractivity contribution in [2.45, 2.75) is 6.42 Å². The third-order valence-electron chi connectivity index (χ3n) is 2.91. The summed E-state index contributed by atoms with van der Waals surface area (Å²) in [6, 6.07) is 11.8. The molecule has 0 heterocycles. The molecule has 2 aromatic carbocycles. The van der Waals surface area contributed by atoms with Crippen LogP contribution in [0.5, 0.6) is 5.75 Å². The van der Waals surface area contributed by atoms with Gasteiger partial charge in [0, 0.05) is 11.6 Å². The van der Waals surface area contributed by atoms with Gasteiger partial charge in [-0.05, 0) is 55.0 Å². The van der Waals surface area contributed by atoms with Gasteiger partial charge in [0.1, 0.15) is 11.6 Å². The Balaban J connectivity index is 2.09. The van der Waals surface area contributed by atoms with Crippen molar-refractivity contribution in [3.05, 3.63) is 72.1 Å². The van der Waals surface area contributed by atoms with Gasteiger partial charge in [-0.2, -0.15) is 4.99 Å². The number of rotatable bonds is 5. The van der Waals surface area contributed by atoms with E-state index in [9.17, 15) is 4.39 Å². The molecule has 0 radical (unpaired) electrons. The van der Waals surface area contributed by atoms with Crippen LogP contribution >= 0.6 is 12.2 Å². The zero-order chi connectivity index (χ0) is 16.5. The first-order valence-electron chi connectivity index (χ1n) is 6.96. The number of nitrogens with zero attached hydrogens (tertiary/aromatic N) is 1. The van der Waals surface area contributed by atoms with Gasteiger partial charge in [0.15, 0.2) is 0 Å². The van der Waals surface area contributed by atoms with Gasteiger partial charge in [-0.1, -0.05) is 17.9 Å². The normalized spacial score (nSPS) is 9.26. The van der Waals surface area contributed by atoms with Crippen LogP contribution in [-0.4, -0.2) is 11.8 Å². The molecular weight excluding hydrogens is 309 g/mol. The van der Waals surface area contributed by atoms with Crippen LogP contribution in [0.3, 0.4) is 0 Å². The summed E-state index contributed by atoms with van der Waals surface area (Å²) in [5.74, 6) is 6.06. The first-order valence-corrected chi connectivity index (χ1v) is 7.37. The summed E-state index contributed by atoms with van der Waals surface area (Å²) in [6.45, 7) is 4.23. The molecule has 0 fully saturated rings. The molecule has 114 valence electrons. The van der Waals surface area contributed by atoms with Gasteiger partial charge < -0.3 is 4.74 Å². The van der Waals surface area contributed by atoms with E-state index in [4.69, 9.17) is 4.74 Å². The molecule has 0 aliphatic rings. The number of aliphatic imine (C=N–C) groups is 1. The zero-order valence-corrected chi connectivity index (χ0v) is 13.2. The summed E-state index contributed by atoms with van der Waals surface area (Å²) in [5.41, 5.74) is 1.50. The predicted molar refractivity (Wildman–Crippen MR) is 93.8 cm³/mol. The second-order valence-corrected chi connectivity index (χ2v) is 4.75. The minimum atomic E-state index is -0.437. The fourth-order valence-corrected chi connectivity index (χ4v) is 1.87. The molecule has 23 heavy (non-hydrogen) atoms. The van der Waals surface area contributed by atoms with Crippen molar-refractivity contribution in [2.24, 2.45) is 4.99 Å². The van der Waals surface area contributed by atoms with E-state index in [2.05, 4.69) is 40.8 Å². The molecule has 0 aliphatic carbocycles.